The fourth-order valence-corrected chi connectivity index (χ4v) is 4.47. The van der Waals surface area contributed by atoms with Crippen LogP contribution in [0.3, 0.4) is 0 Å². The van der Waals surface area contributed by atoms with Crippen LogP contribution >= 0.6 is 0 Å². The normalized spacial score (nSPS) is 15.2. The number of nitrogens with one attached hydrogen (secondary N) is 1. The molecule has 1 N–H and O–H groups in total. The molecule has 0 aliphatic carbocycles. The van der Waals surface area contributed by atoms with Gasteiger partial charge in [-0.3, -0.25) is 4.79 Å². The molecule has 0 aromatic heterocycles. The Morgan fingerprint density at radius 3 is 2.40 bits per heavy atom. The number of benzene rings is 2. The molecule has 0 unspecified atom stereocenters. The van der Waals surface area contributed by atoms with Crippen LogP contribution < -0.4 is 5.32 Å². The number of amides is 1. The van der Waals surface area contributed by atoms with Crippen LogP contribution in [0.2, 0.25) is 0 Å². The zero-order valence-electron chi connectivity index (χ0n) is 14.2. The molecule has 0 radical (unpaired) electrons. The van der Waals surface area contributed by atoms with Crippen LogP contribution in [0.1, 0.15) is 35.7 Å². The lowest BCUT2D eigenvalue weighted by Crippen LogP contribution is -2.28. The van der Waals surface area contributed by atoms with E-state index in [9.17, 15) is 13.2 Å². The van der Waals surface area contributed by atoms with Gasteiger partial charge in [-0.05, 0) is 55.2 Å². The monoisotopic (exact) mass is 358 g/mol. The lowest BCUT2D eigenvalue weighted by molar-refractivity contribution is 0.102. The molecule has 1 saturated heterocycles. The maximum absolute atomic E-state index is 12.6. The summed E-state index contributed by atoms with van der Waals surface area (Å²) in [6.45, 7) is 3.16. The van der Waals surface area contributed by atoms with Gasteiger partial charge in [0.25, 0.3) is 5.91 Å². The number of carbonyl (C=O) groups excluding carboxylic acids is 1. The molecule has 3 rings (SSSR count). The minimum absolute atomic E-state index is 0.170. The molecule has 132 valence electrons. The number of carbonyl (C=O) groups is 1. The van der Waals surface area contributed by atoms with Crippen molar-refractivity contribution in [3.8, 4) is 0 Å². The van der Waals surface area contributed by atoms with Crippen molar-refractivity contribution in [2.24, 2.45) is 0 Å². The molecule has 5 nitrogen and oxygen atoms in total. The first kappa shape index (κ1) is 17.6. The second kappa shape index (κ2) is 7.37. The Morgan fingerprint density at radius 1 is 1.08 bits per heavy atom. The highest BCUT2D eigenvalue weighted by atomic mass is 32.2. The second-order valence-electron chi connectivity index (χ2n) is 6.14. The average Bonchev–Trinajstić information content (AvgIpc) is 3.18. The van der Waals surface area contributed by atoms with E-state index >= 15 is 0 Å². The molecule has 1 fully saturated rings. The van der Waals surface area contributed by atoms with E-state index in [1.165, 1.54) is 15.9 Å². The highest BCUT2D eigenvalue weighted by Gasteiger charge is 2.27. The van der Waals surface area contributed by atoms with Gasteiger partial charge in [0.15, 0.2) is 0 Å². The first-order chi connectivity index (χ1) is 12.0. The standard InChI is InChI=1S/C19H22N2O3S/c1-2-15-8-10-17(11-9-15)20-19(22)16-6-5-7-18(14-16)25(23,24)21-12-3-4-13-21/h5-11,14H,2-4,12-13H2,1H3,(H,20,22). The fourth-order valence-electron chi connectivity index (χ4n) is 2.90. The van der Waals surface area contributed by atoms with Crippen molar-refractivity contribution < 1.29 is 13.2 Å². The van der Waals surface area contributed by atoms with E-state index in [0.717, 1.165) is 19.3 Å². The third-order valence-electron chi connectivity index (χ3n) is 4.42. The highest BCUT2D eigenvalue weighted by Crippen LogP contribution is 2.22. The van der Waals surface area contributed by atoms with Gasteiger partial charge in [0.1, 0.15) is 0 Å². The number of rotatable bonds is 5. The van der Waals surface area contributed by atoms with E-state index in [1.807, 2.05) is 24.3 Å². The van der Waals surface area contributed by atoms with Crippen molar-refractivity contribution in [3.05, 3.63) is 59.7 Å². The Bertz CT molecular complexity index is 854. The minimum Gasteiger partial charge on any atom is -0.322 e. The Balaban J connectivity index is 1.79. The zero-order chi connectivity index (χ0) is 17.9. The number of aryl methyl sites for hydroxylation is 1. The number of sulfonamides is 1. The van der Waals surface area contributed by atoms with E-state index in [4.69, 9.17) is 0 Å². The number of hydrogen-bond donors (Lipinski definition) is 1. The molecule has 1 aliphatic heterocycles. The van der Waals surface area contributed by atoms with Crippen LogP contribution in [0, 0.1) is 0 Å². The van der Waals surface area contributed by atoms with E-state index in [2.05, 4.69) is 12.2 Å². The Hall–Kier alpha value is -2.18. The predicted molar refractivity (Wildman–Crippen MR) is 98.2 cm³/mol. The molecule has 6 heteroatoms. The van der Waals surface area contributed by atoms with Crippen molar-refractivity contribution in [2.75, 3.05) is 18.4 Å². The van der Waals surface area contributed by atoms with Crippen molar-refractivity contribution in [1.82, 2.24) is 4.31 Å². The number of nitrogens with zero attached hydrogens (tertiary/aromatic N) is 1. The van der Waals surface area contributed by atoms with Crippen LogP contribution in [0.5, 0.6) is 0 Å². The fraction of sp³-hybridized carbons (Fsp3) is 0.316. The molecular weight excluding hydrogens is 336 g/mol. The highest BCUT2D eigenvalue weighted by molar-refractivity contribution is 7.89. The summed E-state index contributed by atoms with van der Waals surface area (Å²) in [5, 5.41) is 2.81. The topological polar surface area (TPSA) is 66.5 Å². The van der Waals surface area contributed by atoms with Crippen molar-refractivity contribution in [2.45, 2.75) is 31.1 Å². The molecule has 0 saturated carbocycles. The SMILES string of the molecule is CCc1ccc(NC(=O)c2cccc(S(=O)(=O)N3CCCC3)c2)cc1. The van der Waals surface area contributed by atoms with E-state index in [1.54, 1.807) is 18.2 Å². The predicted octanol–water partition coefficient (Wildman–Crippen LogP) is 3.29. The number of hydrogen-bond acceptors (Lipinski definition) is 3. The minimum atomic E-state index is -3.52. The van der Waals surface area contributed by atoms with E-state index < -0.39 is 10.0 Å². The first-order valence-electron chi connectivity index (χ1n) is 8.51. The quantitative estimate of drug-likeness (QED) is 0.892. The number of anilines is 1. The van der Waals surface area contributed by atoms with Crippen molar-refractivity contribution in [3.63, 3.8) is 0 Å². The lowest BCUT2D eigenvalue weighted by Gasteiger charge is -2.16. The van der Waals surface area contributed by atoms with Crippen LogP contribution in [0.15, 0.2) is 53.4 Å². The molecule has 0 bridgehead atoms. The maximum Gasteiger partial charge on any atom is 0.255 e. The van der Waals surface area contributed by atoms with Gasteiger partial charge in [0, 0.05) is 24.3 Å². The molecule has 0 atom stereocenters. The molecule has 25 heavy (non-hydrogen) atoms. The van der Waals surface area contributed by atoms with E-state index in [-0.39, 0.29) is 10.8 Å². The molecule has 2 aromatic rings. The molecular formula is C19H22N2O3S. The summed E-state index contributed by atoms with van der Waals surface area (Å²) in [5.74, 6) is -0.317. The largest absolute Gasteiger partial charge is 0.322 e. The summed E-state index contributed by atoms with van der Waals surface area (Å²) in [7, 11) is -3.52. The van der Waals surface area contributed by atoms with E-state index in [0.29, 0.717) is 24.3 Å². The summed E-state index contributed by atoms with van der Waals surface area (Å²) in [6.07, 6.45) is 2.70. The van der Waals surface area contributed by atoms with Crippen molar-refractivity contribution in [1.29, 1.82) is 0 Å². The second-order valence-corrected chi connectivity index (χ2v) is 8.08. The molecule has 1 heterocycles. The molecule has 2 aromatic carbocycles. The van der Waals surface area contributed by atoms with Gasteiger partial charge in [-0.15, -0.1) is 0 Å². The third-order valence-corrected chi connectivity index (χ3v) is 6.31. The molecule has 1 aliphatic rings. The Kier molecular flexibility index (Phi) is 5.20. The smallest absolute Gasteiger partial charge is 0.255 e. The lowest BCUT2D eigenvalue weighted by atomic mass is 10.1. The molecule has 0 spiro atoms. The van der Waals surface area contributed by atoms with Gasteiger partial charge >= 0.3 is 0 Å². The van der Waals surface area contributed by atoms with Crippen LogP contribution in [0.25, 0.3) is 0 Å². The van der Waals surface area contributed by atoms with Gasteiger partial charge in [-0.1, -0.05) is 25.1 Å². The van der Waals surface area contributed by atoms with Gasteiger partial charge in [0.2, 0.25) is 10.0 Å². The summed E-state index contributed by atoms with van der Waals surface area (Å²) in [4.78, 5) is 12.6. The first-order valence-corrected chi connectivity index (χ1v) is 9.95. The van der Waals surface area contributed by atoms with Gasteiger partial charge < -0.3 is 5.32 Å². The Labute approximate surface area is 148 Å². The summed E-state index contributed by atoms with van der Waals surface area (Å²) >= 11 is 0. The van der Waals surface area contributed by atoms with Crippen LogP contribution in [0.4, 0.5) is 5.69 Å². The molecule has 1 amide bonds. The summed E-state index contributed by atoms with van der Waals surface area (Å²) < 4.78 is 26.7. The Morgan fingerprint density at radius 2 is 1.76 bits per heavy atom. The third kappa shape index (κ3) is 3.91. The van der Waals surface area contributed by atoms with Gasteiger partial charge in [0.05, 0.1) is 4.90 Å². The van der Waals surface area contributed by atoms with Gasteiger partial charge in [-0.2, -0.15) is 4.31 Å². The average molecular weight is 358 g/mol. The van der Waals surface area contributed by atoms with Crippen molar-refractivity contribution >= 4 is 21.6 Å². The van der Waals surface area contributed by atoms with Crippen LogP contribution in [-0.4, -0.2) is 31.7 Å². The summed E-state index contributed by atoms with van der Waals surface area (Å²) in [6, 6.07) is 13.8. The maximum atomic E-state index is 12.6. The summed E-state index contributed by atoms with van der Waals surface area (Å²) in [5.41, 5.74) is 2.21. The zero-order valence-corrected chi connectivity index (χ0v) is 15.1. The van der Waals surface area contributed by atoms with Gasteiger partial charge in [-0.25, -0.2) is 8.42 Å². The van der Waals surface area contributed by atoms with Crippen LogP contribution in [-0.2, 0) is 16.4 Å².